The van der Waals surface area contributed by atoms with E-state index >= 15 is 0 Å². The van der Waals surface area contributed by atoms with E-state index in [1.54, 1.807) is 11.3 Å². The molecule has 2 heterocycles. The van der Waals surface area contributed by atoms with Crippen LogP contribution in [0.4, 0.5) is 5.69 Å². The van der Waals surface area contributed by atoms with Gasteiger partial charge in [-0.2, -0.15) is 0 Å². The maximum Gasteiger partial charge on any atom is 0.244 e. The van der Waals surface area contributed by atoms with Gasteiger partial charge in [0.05, 0.1) is 22.8 Å². The van der Waals surface area contributed by atoms with Crippen LogP contribution < -0.4 is 4.90 Å². The Morgan fingerprint density at radius 1 is 1.24 bits per heavy atom. The lowest BCUT2D eigenvalue weighted by atomic mass is 10.2. The Bertz CT molecular complexity index is 887. The zero-order valence-corrected chi connectivity index (χ0v) is 15.3. The molecular weight excluding hydrogens is 330 g/mol. The van der Waals surface area contributed by atoms with Crippen LogP contribution in [0, 0.1) is 0 Å². The SMILES string of the molecule is C[C@@H](C(=O)N1CCc2ccccc21)N(C)Cc1nc2ccccc2s1. The summed E-state index contributed by atoms with van der Waals surface area (Å²) in [6.07, 6.45) is 0.941. The molecule has 1 aliphatic rings. The molecular formula is C20H21N3OS. The molecule has 0 saturated carbocycles. The Balaban J connectivity index is 1.48. The number of amides is 1. The number of hydrogen-bond donors (Lipinski definition) is 0. The lowest BCUT2D eigenvalue weighted by Crippen LogP contribution is -2.44. The Hall–Kier alpha value is -2.24. The summed E-state index contributed by atoms with van der Waals surface area (Å²) in [5.41, 5.74) is 3.35. The Labute approximate surface area is 151 Å². The van der Waals surface area contributed by atoms with Crippen LogP contribution in [0.3, 0.4) is 0 Å². The molecule has 2 aromatic carbocycles. The molecule has 0 unspecified atom stereocenters. The molecule has 1 amide bonds. The van der Waals surface area contributed by atoms with Gasteiger partial charge >= 0.3 is 0 Å². The third kappa shape index (κ3) is 3.05. The van der Waals surface area contributed by atoms with Crippen molar-refractivity contribution in [3.8, 4) is 0 Å². The normalized spacial score (nSPS) is 14.9. The zero-order valence-electron chi connectivity index (χ0n) is 14.5. The molecule has 0 N–H and O–H groups in total. The average Bonchev–Trinajstić information content (AvgIpc) is 3.23. The number of para-hydroxylation sites is 2. The van der Waals surface area contributed by atoms with E-state index in [1.165, 1.54) is 10.3 Å². The third-order valence-electron chi connectivity index (χ3n) is 4.89. The van der Waals surface area contributed by atoms with E-state index in [-0.39, 0.29) is 11.9 Å². The molecule has 0 spiro atoms. The number of hydrogen-bond acceptors (Lipinski definition) is 4. The van der Waals surface area contributed by atoms with Crippen molar-refractivity contribution in [1.82, 2.24) is 9.88 Å². The van der Waals surface area contributed by atoms with E-state index < -0.39 is 0 Å². The number of thiazole rings is 1. The number of likely N-dealkylation sites (N-methyl/N-ethyl adjacent to an activating group) is 1. The molecule has 1 atom stereocenters. The van der Waals surface area contributed by atoms with Gasteiger partial charge in [0.15, 0.2) is 0 Å². The van der Waals surface area contributed by atoms with Gasteiger partial charge in [-0.05, 0) is 44.2 Å². The van der Waals surface area contributed by atoms with Crippen molar-refractivity contribution < 1.29 is 4.79 Å². The summed E-state index contributed by atoms with van der Waals surface area (Å²) in [7, 11) is 2.00. The van der Waals surface area contributed by atoms with Crippen LogP contribution >= 0.6 is 11.3 Å². The van der Waals surface area contributed by atoms with E-state index in [0.29, 0.717) is 6.54 Å². The maximum absolute atomic E-state index is 13.0. The fourth-order valence-corrected chi connectivity index (χ4v) is 4.35. The molecule has 1 aliphatic heterocycles. The highest BCUT2D eigenvalue weighted by Gasteiger charge is 2.29. The van der Waals surface area contributed by atoms with Crippen molar-refractivity contribution in [2.45, 2.75) is 25.9 Å². The number of carbonyl (C=O) groups is 1. The number of rotatable bonds is 4. The summed E-state index contributed by atoms with van der Waals surface area (Å²) >= 11 is 1.70. The smallest absolute Gasteiger partial charge is 0.244 e. The Kier molecular flexibility index (Phi) is 4.27. The van der Waals surface area contributed by atoms with Crippen LogP contribution in [0.1, 0.15) is 17.5 Å². The van der Waals surface area contributed by atoms with Gasteiger partial charge in [0.2, 0.25) is 5.91 Å². The summed E-state index contributed by atoms with van der Waals surface area (Å²) in [6.45, 7) is 3.44. The van der Waals surface area contributed by atoms with Crippen LogP contribution in [-0.4, -0.2) is 35.4 Å². The topological polar surface area (TPSA) is 36.4 Å². The van der Waals surface area contributed by atoms with Crippen molar-refractivity contribution in [3.05, 3.63) is 59.1 Å². The van der Waals surface area contributed by atoms with Crippen molar-refractivity contribution in [2.75, 3.05) is 18.5 Å². The molecule has 1 aromatic heterocycles. The molecule has 4 rings (SSSR count). The fraction of sp³-hybridized carbons (Fsp3) is 0.300. The van der Waals surface area contributed by atoms with E-state index in [9.17, 15) is 4.79 Å². The van der Waals surface area contributed by atoms with Gasteiger partial charge in [0.1, 0.15) is 5.01 Å². The molecule has 5 heteroatoms. The van der Waals surface area contributed by atoms with Gasteiger partial charge in [-0.1, -0.05) is 30.3 Å². The monoisotopic (exact) mass is 351 g/mol. The lowest BCUT2D eigenvalue weighted by Gasteiger charge is -2.27. The second kappa shape index (κ2) is 6.58. The summed E-state index contributed by atoms with van der Waals surface area (Å²) in [5, 5.41) is 1.05. The number of benzene rings is 2. The van der Waals surface area contributed by atoms with Crippen LogP contribution in [0.15, 0.2) is 48.5 Å². The van der Waals surface area contributed by atoms with Gasteiger partial charge in [-0.15, -0.1) is 11.3 Å². The minimum Gasteiger partial charge on any atom is -0.310 e. The predicted octanol–water partition coefficient (Wildman–Crippen LogP) is 3.71. The molecule has 0 fully saturated rings. The molecule has 25 heavy (non-hydrogen) atoms. The summed E-state index contributed by atoms with van der Waals surface area (Å²) in [4.78, 5) is 21.7. The Morgan fingerprint density at radius 3 is 2.84 bits per heavy atom. The van der Waals surface area contributed by atoms with Gasteiger partial charge in [0.25, 0.3) is 0 Å². The van der Waals surface area contributed by atoms with Gasteiger partial charge in [-0.3, -0.25) is 9.69 Å². The van der Waals surface area contributed by atoms with Crippen LogP contribution in [-0.2, 0) is 17.8 Å². The molecule has 0 bridgehead atoms. The van der Waals surface area contributed by atoms with Crippen LogP contribution in [0.2, 0.25) is 0 Å². The summed E-state index contributed by atoms with van der Waals surface area (Å²) < 4.78 is 1.19. The number of fused-ring (bicyclic) bond motifs is 2. The van der Waals surface area contributed by atoms with Gasteiger partial charge in [0, 0.05) is 12.2 Å². The highest BCUT2D eigenvalue weighted by atomic mass is 32.1. The summed E-state index contributed by atoms with van der Waals surface area (Å²) in [6, 6.07) is 16.2. The maximum atomic E-state index is 13.0. The average molecular weight is 351 g/mol. The van der Waals surface area contributed by atoms with Crippen molar-refractivity contribution >= 4 is 33.1 Å². The second-order valence-electron chi connectivity index (χ2n) is 6.54. The van der Waals surface area contributed by atoms with E-state index in [1.807, 2.05) is 55.3 Å². The van der Waals surface area contributed by atoms with Crippen LogP contribution in [0.25, 0.3) is 10.2 Å². The van der Waals surface area contributed by atoms with Crippen LogP contribution in [0.5, 0.6) is 0 Å². The highest BCUT2D eigenvalue weighted by molar-refractivity contribution is 7.18. The minimum absolute atomic E-state index is 0.161. The minimum atomic E-state index is -0.182. The Morgan fingerprint density at radius 2 is 2.00 bits per heavy atom. The predicted molar refractivity (Wildman–Crippen MR) is 103 cm³/mol. The highest BCUT2D eigenvalue weighted by Crippen LogP contribution is 2.29. The van der Waals surface area contributed by atoms with Gasteiger partial charge < -0.3 is 4.90 Å². The number of anilines is 1. The van der Waals surface area contributed by atoms with Crippen molar-refractivity contribution in [1.29, 1.82) is 0 Å². The molecule has 0 aliphatic carbocycles. The standard InChI is InChI=1S/C20H21N3OS/c1-14(20(24)23-12-11-15-7-3-5-9-17(15)23)22(2)13-19-21-16-8-4-6-10-18(16)25-19/h3-10,14H,11-13H2,1-2H3/t14-/m0/s1. The first-order valence-corrected chi connectivity index (χ1v) is 9.39. The molecule has 0 radical (unpaired) electrons. The molecule has 128 valence electrons. The first kappa shape index (κ1) is 16.2. The summed E-state index contributed by atoms with van der Waals surface area (Å²) in [5.74, 6) is 0.161. The molecule has 4 nitrogen and oxygen atoms in total. The molecule has 3 aromatic rings. The number of aromatic nitrogens is 1. The first-order chi connectivity index (χ1) is 12.1. The largest absolute Gasteiger partial charge is 0.310 e. The van der Waals surface area contributed by atoms with E-state index in [4.69, 9.17) is 0 Å². The number of nitrogens with zero attached hydrogens (tertiary/aromatic N) is 3. The van der Waals surface area contributed by atoms with Crippen molar-refractivity contribution in [3.63, 3.8) is 0 Å². The number of carbonyl (C=O) groups excluding carboxylic acids is 1. The van der Waals surface area contributed by atoms with E-state index in [2.05, 4.69) is 22.0 Å². The third-order valence-corrected chi connectivity index (χ3v) is 5.92. The van der Waals surface area contributed by atoms with E-state index in [0.717, 1.165) is 29.2 Å². The zero-order chi connectivity index (χ0) is 17.4. The van der Waals surface area contributed by atoms with Gasteiger partial charge in [-0.25, -0.2) is 4.98 Å². The fourth-order valence-electron chi connectivity index (χ4n) is 3.32. The first-order valence-electron chi connectivity index (χ1n) is 8.57. The van der Waals surface area contributed by atoms with Crippen molar-refractivity contribution in [2.24, 2.45) is 0 Å². The second-order valence-corrected chi connectivity index (χ2v) is 7.65. The lowest BCUT2D eigenvalue weighted by molar-refractivity contribution is -0.122. The quantitative estimate of drug-likeness (QED) is 0.719. The molecule has 0 saturated heterocycles.